The summed E-state index contributed by atoms with van der Waals surface area (Å²) in [4.78, 5) is 16.9. The number of morpholine rings is 1. The van der Waals surface area contributed by atoms with Gasteiger partial charge in [0.1, 0.15) is 5.82 Å². The summed E-state index contributed by atoms with van der Waals surface area (Å²) in [6, 6.07) is 16.7. The Balaban J connectivity index is 1.52. The molecule has 3 heterocycles. The lowest BCUT2D eigenvalue weighted by Crippen LogP contribution is -2.37. The lowest BCUT2D eigenvalue weighted by molar-refractivity contribution is 0.122. The molecule has 5 rings (SSSR count). The second kappa shape index (κ2) is 8.85. The average Bonchev–Trinajstić information content (AvgIpc) is 3.61. The highest BCUT2D eigenvalue weighted by atomic mass is 32.2. The Hall–Kier alpha value is -2.64. The van der Waals surface area contributed by atoms with Gasteiger partial charge in [0.05, 0.1) is 28.7 Å². The van der Waals surface area contributed by atoms with Gasteiger partial charge in [-0.1, -0.05) is 17.8 Å². The first-order chi connectivity index (χ1) is 15.3. The molecule has 1 aliphatic heterocycles. The first-order valence-electron chi connectivity index (χ1n) is 10.9. The summed E-state index contributed by atoms with van der Waals surface area (Å²) >= 11 is 1.82. The van der Waals surface area contributed by atoms with E-state index in [2.05, 4.69) is 58.5 Å². The van der Waals surface area contributed by atoms with Gasteiger partial charge in [0.15, 0.2) is 5.82 Å². The predicted molar refractivity (Wildman–Crippen MR) is 126 cm³/mol. The van der Waals surface area contributed by atoms with Crippen LogP contribution in [0.3, 0.4) is 0 Å². The number of nitrogens with one attached hydrogen (secondary N) is 1. The molecule has 160 valence electrons. The van der Waals surface area contributed by atoms with Crippen LogP contribution in [0.5, 0.6) is 0 Å². The maximum atomic E-state index is 5.56. The van der Waals surface area contributed by atoms with E-state index in [-0.39, 0.29) is 4.75 Å². The van der Waals surface area contributed by atoms with Crippen molar-refractivity contribution in [1.29, 1.82) is 0 Å². The van der Waals surface area contributed by atoms with Crippen LogP contribution in [0.4, 0.5) is 11.5 Å². The third-order valence-corrected chi connectivity index (χ3v) is 7.14. The minimum Gasteiger partial charge on any atom is -0.385 e. The second-order valence-corrected chi connectivity index (χ2v) is 9.31. The van der Waals surface area contributed by atoms with Gasteiger partial charge in [-0.15, -0.1) is 0 Å². The highest BCUT2D eigenvalue weighted by Crippen LogP contribution is 2.59. The molecule has 1 N–H and O–H groups in total. The zero-order valence-corrected chi connectivity index (χ0v) is 18.6. The minimum absolute atomic E-state index is 0.0171. The lowest BCUT2D eigenvalue weighted by atomic mass is 10.1. The van der Waals surface area contributed by atoms with Gasteiger partial charge < -0.3 is 15.0 Å². The number of aromatic nitrogens is 3. The van der Waals surface area contributed by atoms with Crippen molar-refractivity contribution in [2.45, 2.75) is 29.5 Å². The van der Waals surface area contributed by atoms with Gasteiger partial charge in [0, 0.05) is 43.1 Å². The molecule has 0 spiro atoms. The number of pyridine rings is 1. The Labute approximate surface area is 187 Å². The van der Waals surface area contributed by atoms with Gasteiger partial charge in [0.25, 0.3) is 0 Å². The van der Waals surface area contributed by atoms with Gasteiger partial charge >= 0.3 is 0 Å². The van der Waals surface area contributed by atoms with Crippen molar-refractivity contribution in [3.8, 4) is 11.4 Å². The van der Waals surface area contributed by atoms with Crippen molar-refractivity contribution < 1.29 is 4.74 Å². The molecule has 2 aliphatic rings. The van der Waals surface area contributed by atoms with Gasteiger partial charge in [-0.3, -0.25) is 0 Å². The number of hydrogen-bond acceptors (Lipinski definition) is 7. The standard InChI is InChI=1S/C24H27N5OS/c1-2-25-19-8-6-18(7-9-19)23-27-20(17-21(28-23)29-13-15-30-16-14-29)24(10-11-24)31-22-5-3-4-12-26-22/h3-9,12,17,25H,2,10-11,13-16H2,1H3. The van der Waals surface area contributed by atoms with Crippen LogP contribution in [0.1, 0.15) is 25.5 Å². The molecule has 3 aromatic rings. The molecule has 1 aliphatic carbocycles. The van der Waals surface area contributed by atoms with Crippen molar-refractivity contribution in [2.24, 2.45) is 0 Å². The van der Waals surface area contributed by atoms with Gasteiger partial charge in [-0.05, 0) is 56.2 Å². The molecule has 0 unspecified atom stereocenters. The quantitative estimate of drug-likeness (QED) is 0.585. The van der Waals surface area contributed by atoms with Crippen molar-refractivity contribution in [1.82, 2.24) is 15.0 Å². The van der Waals surface area contributed by atoms with Gasteiger partial charge in [0.2, 0.25) is 0 Å². The Morgan fingerprint density at radius 2 is 1.87 bits per heavy atom. The third kappa shape index (κ3) is 4.52. The van der Waals surface area contributed by atoms with Crippen molar-refractivity contribution >= 4 is 23.3 Å². The molecule has 6 nitrogen and oxygen atoms in total. The van der Waals surface area contributed by atoms with Crippen molar-refractivity contribution in [3.63, 3.8) is 0 Å². The summed E-state index contributed by atoms with van der Waals surface area (Å²) in [7, 11) is 0. The van der Waals surface area contributed by atoms with Crippen LogP contribution in [0.15, 0.2) is 59.8 Å². The van der Waals surface area contributed by atoms with Crippen molar-refractivity contribution in [3.05, 3.63) is 60.4 Å². The Morgan fingerprint density at radius 1 is 1.06 bits per heavy atom. The average molecular weight is 434 g/mol. The van der Waals surface area contributed by atoms with Crippen LogP contribution in [0, 0.1) is 0 Å². The fourth-order valence-electron chi connectivity index (χ4n) is 3.82. The number of nitrogens with zero attached hydrogens (tertiary/aromatic N) is 4. The van der Waals surface area contributed by atoms with E-state index in [1.54, 1.807) is 0 Å². The number of thioether (sulfide) groups is 1. The van der Waals surface area contributed by atoms with E-state index in [9.17, 15) is 0 Å². The zero-order valence-electron chi connectivity index (χ0n) is 17.8. The molecule has 1 aromatic carbocycles. The molecule has 2 fully saturated rings. The van der Waals surface area contributed by atoms with Crippen LogP contribution in [-0.2, 0) is 9.48 Å². The molecule has 1 saturated heterocycles. The molecule has 1 saturated carbocycles. The van der Waals surface area contributed by atoms with Gasteiger partial charge in [-0.2, -0.15) is 0 Å². The topological polar surface area (TPSA) is 63.2 Å². The summed E-state index contributed by atoms with van der Waals surface area (Å²) < 4.78 is 5.54. The first-order valence-corrected chi connectivity index (χ1v) is 11.7. The number of ether oxygens (including phenoxy) is 1. The predicted octanol–water partition coefficient (Wildman–Crippen LogP) is 4.59. The summed E-state index contributed by atoms with van der Waals surface area (Å²) in [5, 5.41) is 4.39. The minimum atomic E-state index is -0.0171. The van der Waals surface area contributed by atoms with Crippen LogP contribution >= 0.6 is 11.8 Å². The van der Waals surface area contributed by atoms with Crippen molar-refractivity contribution in [2.75, 3.05) is 43.1 Å². The van der Waals surface area contributed by atoms with E-state index in [4.69, 9.17) is 14.7 Å². The molecule has 0 bridgehead atoms. The Morgan fingerprint density at radius 3 is 2.55 bits per heavy atom. The monoisotopic (exact) mass is 433 g/mol. The number of benzene rings is 1. The largest absolute Gasteiger partial charge is 0.385 e. The van der Waals surface area contributed by atoms with E-state index < -0.39 is 0 Å². The summed E-state index contributed by atoms with van der Waals surface area (Å²) in [6.45, 7) is 6.19. The molecular weight excluding hydrogens is 406 g/mol. The summed E-state index contributed by atoms with van der Waals surface area (Å²) in [6.07, 6.45) is 4.06. The molecule has 0 atom stereocenters. The fraction of sp³-hybridized carbons (Fsp3) is 0.375. The SMILES string of the molecule is CCNc1ccc(-c2nc(N3CCOCC3)cc(C3(Sc4ccccn4)CC3)n2)cc1. The summed E-state index contributed by atoms with van der Waals surface area (Å²) in [5.74, 6) is 1.78. The lowest BCUT2D eigenvalue weighted by Gasteiger charge is -2.29. The van der Waals surface area contributed by atoms with E-state index >= 15 is 0 Å². The van der Waals surface area contributed by atoms with E-state index in [1.165, 1.54) is 0 Å². The van der Waals surface area contributed by atoms with Crippen LogP contribution in [0.25, 0.3) is 11.4 Å². The zero-order chi connectivity index (χ0) is 21.1. The number of hydrogen-bond donors (Lipinski definition) is 1. The number of anilines is 2. The molecule has 0 radical (unpaired) electrons. The fourth-order valence-corrected chi connectivity index (χ4v) is 5.00. The highest BCUT2D eigenvalue weighted by Gasteiger charge is 2.48. The van der Waals surface area contributed by atoms with Crippen LogP contribution in [-0.4, -0.2) is 47.8 Å². The maximum absolute atomic E-state index is 5.56. The van der Waals surface area contributed by atoms with E-state index in [0.717, 1.165) is 79.3 Å². The first kappa shape index (κ1) is 20.3. The molecule has 0 amide bonds. The molecule has 7 heteroatoms. The molecule has 2 aromatic heterocycles. The van der Waals surface area contributed by atoms with E-state index in [0.29, 0.717) is 0 Å². The van der Waals surface area contributed by atoms with Gasteiger partial charge in [-0.25, -0.2) is 15.0 Å². The van der Waals surface area contributed by atoms with Crippen LogP contribution in [0.2, 0.25) is 0 Å². The van der Waals surface area contributed by atoms with Crippen LogP contribution < -0.4 is 10.2 Å². The Kier molecular flexibility index (Phi) is 5.78. The highest BCUT2D eigenvalue weighted by molar-refractivity contribution is 8.00. The Bertz CT molecular complexity index is 1020. The maximum Gasteiger partial charge on any atom is 0.161 e. The van der Waals surface area contributed by atoms with E-state index in [1.807, 2.05) is 30.1 Å². The second-order valence-electron chi connectivity index (χ2n) is 7.91. The molecular formula is C24H27N5OS. The number of rotatable bonds is 7. The molecule has 31 heavy (non-hydrogen) atoms. The normalized spacial score (nSPS) is 17.4. The smallest absolute Gasteiger partial charge is 0.161 e. The summed E-state index contributed by atoms with van der Waals surface area (Å²) in [5.41, 5.74) is 3.25. The third-order valence-electron chi connectivity index (χ3n) is 5.68.